The molecule has 6 heteroatoms. The summed E-state index contributed by atoms with van der Waals surface area (Å²) in [6.45, 7) is 2.25. The van der Waals surface area contributed by atoms with Gasteiger partial charge in [-0.2, -0.15) is 0 Å². The first-order chi connectivity index (χ1) is 13.6. The highest BCUT2D eigenvalue weighted by atomic mass is 16.2. The zero-order chi connectivity index (χ0) is 19.5. The van der Waals surface area contributed by atoms with Crippen molar-refractivity contribution < 1.29 is 4.79 Å². The largest absolute Gasteiger partial charge is 0.378 e. The van der Waals surface area contributed by atoms with E-state index >= 15 is 0 Å². The van der Waals surface area contributed by atoms with Gasteiger partial charge in [0, 0.05) is 49.9 Å². The highest BCUT2D eigenvalue weighted by Gasteiger charge is 2.42. The van der Waals surface area contributed by atoms with Crippen molar-refractivity contribution in [3.8, 4) is 0 Å². The van der Waals surface area contributed by atoms with E-state index in [4.69, 9.17) is 0 Å². The molecule has 2 amide bonds. The molecule has 5 rings (SSSR count). The Morgan fingerprint density at radius 3 is 2.57 bits per heavy atom. The van der Waals surface area contributed by atoms with Crippen molar-refractivity contribution in [3.05, 3.63) is 54.4 Å². The molecule has 2 aromatic rings. The van der Waals surface area contributed by atoms with Crippen LogP contribution in [0.2, 0.25) is 0 Å². The number of anilines is 2. The summed E-state index contributed by atoms with van der Waals surface area (Å²) < 4.78 is 0. The molecule has 3 fully saturated rings. The van der Waals surface area contributed by atoms with E-state index in [1.165, 1.54) is 5.56 Å². The third kappa shape index (κ3) is 4.12. The van der Waals surface area contributed by atoms with Crippen molar-refractivity contribution in [3.63, 3.8) is 0 Å². The van der Waals surface area contributed by atoms with Gasteiger partial charge in [-0.25, -0.2) is 4.79 Å². The van der Waals surface area contributed by atoms with Gasteiger partial charge in [0.05, 0.1) is 0 Å². The first kappa shape index (κ1) is 18.7. The van der Waals surface area contributed by atoms with Crippen molar-refractivity contribution in [1.82, 2.24) is 15.2 Å². The number of carbonyl (C=O) groups excluding carboxylic acids is 1. The number of pyridine rings is 1. The molecule has 4 heterocycles. The van der Waals surface area contributed by atoms with E-state index in [0.717, 1.165) is 43.7 Å². The number of piperidine rings is 3. The molecule has 2 N–H and O–H groups in total. The lowest BCUT2D eigenvalue weighted by Gasteiger charge is -2.51. The van der Waals surface area contributed by atoms with Crippen molar-refractivity contribution in [2.45, 2.75) is 31.3 Å². The lowest BCUT2D eigenvalue weighted by Crippen LogP contribution is -2.64. The fourth-order valence-electron chi connectivity index (χ4n) is 4.54. The summed E-state index contributed by atoms with van der Waals surface area (Å²) in [7, 11) is 4.01. The molecule has 2 unspecified atom stereocenters. The smallest absolute Gasteiger partial charge is 0.319 e. The zero-order valence-corrected chi connectivity index (χ0v) is 16.6. The maximum atomic E-state index is 12.7. The maximum absolute atomic E-state index is 12.7. The average molecular weight is 380 g/mol. The molecule has 0 spiro atoms. The second-order valence-electron chi connectivity index (χ2n) is 8.07. The van der Waals surface area contributed by atoms with Gasteiger partial charge in [0.15, 0.2) is 0 Å². The predicted octanol–water partition coefficient (Wildman–Crippen LogP) is 2.97. The average Bonchev–Trinajstić information content (AvgIpc) is 2.71. The fraction of sp³-hybridized carbons (Fsp3) is 0.455. The molecule has 6 nitrogen and oxygen atoms in total. The second-order valence-corrected chi connectivity index (χ2v) is 8.07. The van der Waals surface area contributed by atoms with E-state index in [1.807, 2.05) is 61.7 Å². The Bertz CT molecular complexity index is 784. The molecule has 28 heavy (non-hydrogen) atoms. The topological polar surface area (TPSA) is 60.5 Å². The number of carbonyl (C=O) groups is 1. The Morgan fingerprint density at radius 1 is 1.18 bits per heavy atom. The van der Waals surface area contributed by atoms with Crippen LogP contribution >= 0.6 is 0 Å². The third-order valence-electron chi connectivity index (χ3n) is 6.07. The van der Waals surface area contributed by atoms with E-state index in [1.54, 1.807) is 0 Å². The minimum absolute atomic E-state index is 0.118. The van der Waals surface area contributed by atoms with Crippen LogP contribution in [-0.4, -0.2) is 55.2 Å². The van der Waals surface area contributed by atoms with Crippen LogP contribution in [0.5, 0.6) is 0 Å². The molecule has 0 radical (unpaired) electrons. The first-order valence-corrected chi connectivity index (χ1v) is 10.1. The van der Waals surface area contributed by atoms with Crippen molar-refractivity contribution in [2.24, 2.45) is 5.92 Å². The van der Waals surface area contributed by atoms with Gasteiger partial charge in [-0.1, -0.05) is 6.07 Å². The quantitative estimate of drug-likeness (QED) is 0.839. The summed E-state index contributed by atoms with van der Waals surface area (Å²) >= 11 is 0. The SMILES string of the molecule is CN(C)c1ccc(NC(=O)NC2C3CCN(CC3)C2Cc2cccnc2)cc1. The lowest BCUT2D eigenvalue weighted by atomic mass is 9.77. The number of aromatic nitrogens is 1. The van der Waals surface area contributed by atoms with E-state index in [0.29, 0.717) is 12.0 Å². The van der Waals surface area contributed by atoms with Crippen LogP contribution in [0.4, 0.5) is 16.2 Å². The predicted molar refractivity (Wildman–Crippen MR) is 113 cm³/mol. The van der Waals surface area contributed by atoms with Crippen LogP contribution in [0, 0.1) is 5.92 Å². The lowest BCUT2D eigenvalue weighted by molar-refractivity contribution is 0.0184. The molecule has 1 aromatic carbocycles. The molecule has 3 saturated heterocycles. The van der Waals surface area contributed by atoms with Gasteiger partial charge in [-0.15, -0.1) is 0 Å². The molecule has 1 aromatic heterocycles. The standard InChI is InChI=1S/C22H29N5O/c1-26(2)19-7-5-18(6-8-19)24-22(28)25-21-17-9-12-27(13-10-17)20(21)14-16-4-3-11-23-15-16/h3-8,11,15,17,20-21H,9-10,12-14H2,1-2H3,(H2,24,25,28). The van der Waals surface area contributed by atoms with Gasteiger partial charge >= 0.3 is 6.03 Å². The Labute approximate surface area is 166 Å². The minimum Gasteiger partial charge on any atom is -0.378 e. The fourth-order valence-corrected chi connectivity index (χ4v) is 4.54. The van der Waals surface area contributed by atoms with Gasteiger partial charge in [0.1, 0.15) is 0 Å². The van der Waals surface area contributed by atoms with Crippen LogP contribution in [0.25, 0.3) is 0 Å². The van der Waals surface area contributed by atoms with Crippen molar-refractivity contribution in [1.29, 1.82) is 0 Å². The van der Waals surface area contributed by atoms with Gasteiger partial charge in [-0.05, 0) is 74.2 Å². The van der Waals surface area contributed by atoms with Crippen LogP contribution in [0.3, 0.4) is 0 Å². The van der Waals surface area contributed by atoms with Crippen molar-refractivity contribution in [2.75, 3.05) is 37.4 Å². The van der Waals surface area contributed by atoms with E-state index in [-0.39, 0.29) is 12.1 Å². The molecule has 2 atom stereocenters. The zero-order valence-electron chi connectivity index (χ0n) is 16.6. The number of nitrogens with zero attached hydrogens (tertiary/aromatic N) is 3. The molecule has 0 saturated carbocycles. The molecule has 3 aliphatic rings. The summed E-state index contributed by atoms with van der Waals surface area (Å²) in [5.41, 5.74) is 3.15. The van der Waals surface area contributed by atoms with E-state index in [9.17, 15) is 4.79 Å². The Morgan fingerprint density at radius 2 is 1.93 bits per heavy atom. The summed E-state index contributed by atoms with van der Waals surface area (Å²) in [6, 6.07) is 12.4. The first-order valence-electron chi connectivity index (χ1n) is 10.1. The number of urea groups is 1. The summed E-state index contributed by atoms with van der Waals surface area (Å²) in [5, 5.41) is 6.28. The van der Waals surface area contributed by atoms with Crippen LogP contribution in [0.1, 0.15) is 18.4 Å². The van der Waals surface area contributed by atoms with Crippen LogP contribution in [-0.2, 0) is 6.42 Å². The Balaban J connectivity index is 1.42. The van der Waals surface area contributed by atoms with Gasteiger partial charge in [0.25, 0.3) is 0 Å². The third-order valence-corrected chi connectivity index (χ3v) is 6.07. The van der Waals surface area contributed by atoms with Crippen LogP contribution in [0.15, 0.2) is 48.8 Å². The number of rotatable bonds is 5. The summed E-state index contributed by atoms with van der Waals surface area (Å²) in [4.78, 5) is 21.5. The number of fused-ring (bicyclic) bond motifs is 3. The number of hydrogen-bond acceptors (Lipinski definition) is 4. The van der Waals surface area contributed by atoms with Gasteiger partial charge < -0.3 is 15.5 Å². The Hall–Kier alpha value is -2.60. The van der Waals surface area contributed by atoms with Crippen molar-refractivity contribution >= 4 is 17.4 Å². The summed E-state index contributed by atoms with van der Waals surface area (Å²) in [6.07, 6.45) is 6.99. The molecular formula is C22H29N5O. The Kier molecular flexibility index (Phi) is 5.48. The molecular weight excluding hydrogens is 350 g/mol. The monoisotopic (exact) mass is 379 g/mol. The highest BCUT2D eigenvalue weighted by Crippen LogP contribution is 2.34. The number of hydrogen-bond donors (Lipinski definition) is 2. The normalized spacial score (nSPS) is 25.9. The van der Waals surface area contributed by atoms with Gasteiger partial charge in [-0.3, -0.25) is 9.88 Å². The number of nitrogens with one attached hydrogen (secondary N) is 2. The highest BCUT2D eigenvalue weighted by molar-refractivity contribution is 5.89. The van der Waals surface area contributed by atoms with Gasteiger partial charge in [0.2, 0.25) is 0 Å². The molecule has 0 aliphatic carbocycles. The van der Waals surface area contributed by atoms with E-state index < -0.39 is 0 Å². The maximum Gasteiger partial charge on any atom is 0.319 e. The molecule has 3 aliphatic heterocycles. The number of benzene rings is 1. The number of amides is 2. The second kappa shape index (κ2) is 8.19. The minimum atomic E-state index is -0.118. The van der Waals surface area contributed by atoms with E-state index in [2.05, 4.69) is 26.6 Å². The summed E-state index contributed by atoms with van der Waals surface area (Å²) in [5.74, 6) is 0.550. The van der Waals surface area contributed by atoms with Crippen LogP contribution < -0.4 is 15.5 Å². The molecule has 2 bridgehead atoms. The molecule has 148 valence electrons.